The van der Waals surface area contributed by atoms with E-state index in [9.17, 15) is 10.1 Å². The molecule has 1 saturated carbocycles. The standard InChI is InChI=1S/C12H16N2O2/c1-7-4-5-8(6-9(7)14(15)16)10-11(13)12(10,2)3/h4-6,10-11H,13H2,1-3H3/t10-,11-/m0/s1. The fraction of sp³-hybridized carbons (Fsp3) is 0.500. The lowest BCUT2D eigenvalue weighted by Gasteiger charge is -2.04. The Morgan fingerprint density at radius 2 is 2.00 bits per heavy atom. The summed E-state index contributed by atoms with van der Waals surface area (Å²) in [6.07, 6.45) is 0. The van der Waals surface area contributed by atoms with Crippen LogP contribution in [0.4, 0.5) is 5.69 Å². The highest BCUT2D eigenvalue weighted by Crippen LogP contribution is 2.57. The summed E-state index contributed by atoms with van der Waals surface area (Å²) in [5.74, 6) is 0.242. The average molecular weight is 220 g/mol. The highest BCUT2D eigenvalue weighted by Gasteiger charge is 2.56. The molecular weight excluding hydrogens is 204 g/mol. The summed E-state index contributed by atoms with van der Waals surface area (Å²) in [4.78, 5) is 10.5. The van der Waals surface area contributed by atoms with Crippen LogP contribution in [0.1, 0.15) is 30.9 Å². The van der Waals surface area contributed by atoms with E-state index in [0.29, 0.717) is 5.56 Å². The van der Waals surface area contributed by atoms with E-state index in [4.69, 9.17) is 5.73 Å². The Hall–Kier alpha value is -1.42. The van der Waals surface area contributed by atoms with Crippen LogP contribution in [0.2, 0.25) is 0 Å². The molecule has 0 unspecified atom stereocenters. The minimum absolute atomic E-state index is 0.0587. The van der Waals surface area contributed by atoms with Gasteiger partial charge in [-0.05, 0) is 17.9 Å². The van der Waals surface area contributed by atoms with Crippen LogP contribution in [-0.4, -0.2) is 11.0 Å². The van der Waals surface area contributed by atoms with Crippen molar-refractivity contribution in [3.05, 3.63) is 39.4 Å². The van der Waals surface area contributed by atoms with Crippen molar-refractivity contribution in [2.75, 3.05) is 0 Å². The molecule has 1 aliphatic rings. The van der Waals surface area contributed by atoms with E-state index in [2.05, 4.69) is 13.8 Å². The molecule has 0 amide bonds. The zero-order valence-corrected chi connectivity index (χ0v) is 9.73. The molecule has 2 rings (SSSR count). The predicted octanol–water partition coefficient (Wildman–Crippen LogP) is 2.35. The van der Waals surface area contributed by atoms with E-state index < -0.39 is 0 Å². The lowest BCUT2D eigenvalue weighted by Crippen LogP contribution is -2.06. The van der Waals surface area contributed by atoms with Crippen molar-refractivity contribution in [3.63, 3.8) is 0 Å². The SMILES string of the molecule is Cc1ccc([C@H]2[C@H](N)C2(C)C)cc1[N+](=O)[O-]. The zero-order valence-electron chi connectivity index (χ0n) is 9.73. The van der Waals surface area contributed by atoms with Crippen LogP contribution >= 0.6 is 0 Å². The van der Waals surface area contributed by atoms with Crippen LogP contribution in [0.25, 0.3) is 0 Å². The molecule has 1 aliphatic carbocycles. The monoisotopic (exact) mass is 220 g/mol. The van der Waals surface area contributed by atoms with Gasteiger partial charge in [-0.3, -0.25) is 10.1 Å². The Morgan fingerprint density at radius 3 is 2.44 bits per heavy atom. The number of nitrogens with zero attached hydrogens (tertiary/aromatic N) is 1. The third-order valence-electron chi connectivity index (χ3n) is 3.70. The Bertz CT molecular complexity index is 454. The Kier molecular flexibility index (Phi) is 2.27. The number of hydrogen-bond donors (Lipinski definition) is 1. The number of hydrogen-bond acceptors (Lipinski definition) is 3. The summed E-state index contributed by atoms with van der Waals surface area (Å²) in [6, 6.07) is 5.51. The van der Waals surface area contributed by atoms with Crippen molar-refractivity contribution >= 4 is 5.69 Å². The van der Waals surface area contributed by atoms with Crippen molar-refractivity contribution < 1.29 is 4.92 Å². The maximum atomic E-state index is 10.8. The summed E-state index contributed by atoms with van der Waals surface area (Å²) >= 11 is 0. The molecule has 4 nitrogen and oxygen atoms in total. The van der Waals surface area contributed by atoms with Crippen molar-refractivity contribution in [1.82, 2.24) is 0 Å². The first kappa shape index (κ1) is 11.1. The zero-order chi connectivity index (χ0) is 12.1. The van der Waals surface area contributed by atoms with Gasteiger partial charge in [0, 0.05) is 23.6 Å². The molecule has 0 radical (unpaired) electrons. The molecule has 0 spiro atoms. The lowest BCUT2D eigenvalue weighted by molar-refractivity contribution is -0.385. The van der Waals surface area contributed by atoms with Gasteiger partial charge in [0.15, 0.2) is 0 Å². The van der Waals surface area contributed by atoms with E-state index in [0.717, 1.165) is 5.56 Å². The highest BCUT2D eigenvalue weighted by atomic mass is 16.6. The molecule has 0 bridgehead atoms. The van der Waals surface area contributed by atoms with Gasteiger partial charge < -0.3 is 5.73 Å². The largest absolute Gasteiger partial charge is 0.327 e. The number of aryl methyl sites for hydroxylation is 1. The highest BCUT2D eigenvalue weighted by molar-refractivity contribution is 5.46. The van der Waals surface area contributed by atoms with Crippen LogP contribution in [0.5, 0.6) is 0 Å². The topological polar surface area (TPSA) is 69.2 Å². The molecule has 4 heteroatoms. The molecule has 16 heavy (non-hydrogen) atoms. The van der Waals surface area contributed by atoms with Crippen LogP contribution in [-0.2, 0) is 0 Å². The van der Waals surface area contributed by atoms with Gasteiger partial charge in [0.25, 0.3) is 5.69 Å². The quantitative estimate of drug-likeness (QED) is 0.614. The third-order valence-corrected chi connectivity index (χ3v) is 3.70. The second-order valence-corrected chi connectivity index (χ2v) is 5.13. The minimum Gasteiger partial charge on any atom is -0.327 e. The maximum Gasteiger partial charge on any atom is 0.272 e. The number of nitro benzene ring substituents is 1. The van der Waals surface area contributed by atoms with E-state index >= 15 is 0 Å². The van der Waals surface area contributed by atoms with E-state index in [1.165, 1.54) is 0 Å². The lowest BCUT2D eigenvalue weighted by atomic mass is 10.0. The minimum atomic E-state index is -0.334. The van der Waals surface area contributed by atoms with Crippen molar-refractivity contribution in [2.24, 2.45) is 11.1 Å². The van der Waals surface area contributed by atoms with Gasteiger partial charge in [-0.1, -0.05) is 26.0 Å². The Morgan fingerprint density at radius 1 is 1.44 bits per heavy atom. The van der Waals surface area contributed by atoms with E-state index in [1.807, 2.05) is 6.07 Å². The second kappa shape index (κ2) is 3.28. The molecular formula is C12H16N2O2. The number of nitrogens with two attached hydrogens (primary N) is 1. The molecule has 2 atom stereocenters. The molecule has 0 saturated heterocycles. The third kappa shape index (κ3) is 1.50. The molecule has 2 N–H and O–H groups in total. The molecule has 0 aromatic heterocycles. The molecule has 1 aromatic rings. The van der Waals surface area contributed by atoms with Gasteiger partial charge in [-0.2, -0.15) is 0 Å². The first-order valence-electron chi connectivity index (χ1n) is 5.36. The normalized spacial score (nSPS) is 26.5. The van der Waals surface area contributed by atoms with Crippen molar-refractivity contribution in [2.45, 2.75) is 32.7 Å². The molecule has 1 aromatic carbocycles. The van der Waals surface area contributed by atoms with Crippen LogP contribution < -0.4 is 5.73 Å². The molecule has 0 aliphatic heterocycles. The summed E-state index contributed by atoms with van der Waals surface area (Å²) in [5.41, 5.74) is 7.89. The first-order valence-corrected chi connectivity index (χ1v) is 5.36. The summed E-state index contributed by atoms with van der Waals surface area (Å²) in [5, 5.41) is 10.8. The number of rotatable bonds is 2. The molecule has 0 heterocycles. The van der Waals surface area contributed by atoms with Gasteiger partial charge in [-0.25, -0.2) is 0 Å². The first-order chi connectivity index (χ1) is 7.35. The van der Waals surface area contributed by atoms with Gasteiger partial charge in [-0.15, -0.1) is 0 Å². The summed E-state index contributed by atoms with van der Waals surface area (Å²) in [6.45, 7) is 5.93. The Labute approximate surface area is 94.6 Å². The average Bonchev–Trinajstić information content (AvgIpc) is 2.67. The van der Waals surface area contributed by atoms with E-state index in [1.54, 1.807) is 19.1 Å². The fourth-order valence-electron chi connectivity index (χ4n) is 2.33. The van der Waals surface area contributed by atoms with Gasteiger partial charge >= 0.3 is 0 Å². The molecule has 1 fully saturated rings. The predicted molar refractivity (Wildman–Crippen MR) is 62.3 cm³/mol. The van der Waals surface area contributed by atoms with Crippen LogP contribution in [0, 0.1) is 22.5 Å². The van der Waals surface area contributed by atoms with Crippen molar-refractivity contribution in [3.8, 4) is 0 Å². The smallest absolute Gasteiger partial charge is 0.272 e. The van der Waals surface area contributed by atoms with Gasteiger partial charge in [0.2, 0.25) is 0 Å². The van der Waals surface area contributed by atoms with Crippen LogP contribution in [0.3, 0.4) is 0 Å². The summed E-state index contributed by atoms with van der Waals surface area (Å²) in [7, 11) is 0. The molecule has 86 valence electrons. The van der Waals surface area contributed by atoms with Gasteiger partial charge in [0.05, 0.1) is 4.92 Å². The second-order valence-electron chi connectivity index (χ2n) is 5.13. The Balaban J connectivity index is 2.39. The number of nitro groups is 1. The number of benzene rings is 1. The summed E-state index contributed by atoms with van der Waals surface area (Å²) < 4.78 is 0. The van der Waals surface area contributed by atoms with Crippen molar-refractivity contribution in [1.29, 1.82) is 0 Å². The maximum absolute atomic E-state index is 10.8. The van der Waals surface area contributed by atoms with Crippen LogP contribution in [0.15, 0.2) is 18.2 Å². The van der Waals surface area contributed by atoms with Gasteiger partial charge in [0.1, 0.15) is 0 Å². The fourth-order valence-corrected chi connectivity index (χ4v) is 2.33. The van der Waals surface area contributed by atoms with E-state index in [-0.39, 0.29) is 28.0 Å².